The fraction of sp³-hybridized carbons (Fsp3) is 0.455. The first kappa shape index (κ1) is 12.5. The largest absolute Gasteiger partial charge is 0.496 e. The molecule has 0 saturated carbocycles. The van der Waals surface area contributed by atoms with E-state index >= 15 is 0 Å². The Bertz CT molecular complexity index is 328. The van der Waals surface area contributed by atoms with E-state index in [4.69, 9.17) is 4.74 Å². The monoisotopic (exact) mass is 274 g/mol. The van der Waals surface area contributed by atoms with Crippen molar-refractivity contribution in [3.8, 4) is 5.75 Å². The summed E-state index contributed by atoms with van der Waals surface area (Å²) in [5.74, 6) is 0.600. The number of hydrogen-bond acceptors (Lipinski definition) is 3. The van der Waals surface area contributed by atoms with Gasteiger partial charge in [-0.1, -0.05) is 28.1 Å². The molecule has 2 unspecified atom stereocenters. The molecule has 0 aliphatic carbocycles. The molecular formula is C11H15BrO3. The van der Waals surface area contributed by atoms with E-state index in [9.17, 15) is 10.2 Å². The van der Waals surface area contributed by atoms with Gasteiger partial charge in [-0.05, 0) is 18.6 Å². The number of alkyl halides is 1. The number of aryl methyl sites for hydroxylation is 1. The predicted octanol–water partition coefficient (Wildman–Crippen LogP) is 1.79. The van der Waals surface area contributed by atoms with Gasteiger partial charge in [-0.15, -0.1) is 0 Å². The summed E-state index contributed by atoms with van der Waals surface area (Å²) in [6, 6.07) is 5.48. The highest BCUT2D eigenvalue weighted by Crippen LogP contribution is 2.28. The van der Waals surface area contributed by atoms with E-state index < -0.39 is 12.2 Å². The Morgan fingerprint density at radius 3 is 2.60 bits per heavy atom. The minimum absolute atomic E-state index is 0.325. The number of aliphatic hydroxyl groups is 2. The first-order valence-corrected chi connectivity index (χ1v) is 5.79. The van der Waals surface area contributed by atoms with Crippen molar-refractivity contribution in [1.29, 1.82) is 0 Å². The normalized spacial score (nSPS) is 14.7. The Morgan fingerprint density at radius 1 is 1.40 bits per heavy atom. The summed E-state index contributed by atoms with van der Waals surface area (Å²) in [4.78, 5) is 0. The third-order valence-electron chi connectivity index (χ3n) is 2.23. The van der Waals surface area contributed by atoms with Gasteiger partial charge >= 0.3 is 0 Å². The molecule has 1 aromatic carbocycles. The van der Waals surface area contributed by atoms with Crippen LogP contribution in [0, 0.1) is 6.92 Å². The Kier molecular flexibility index (Phi) is 4.57. The third kappa shape index (κ3) is 2.93. The lowest BCUT2D eigenvalue weighted by Gasteiger charge is -2.18. The van der Waals surface area contributed by atoms with Crippen LogP contribution in [0.1, 0.15) is 17.2 Å². The smallest absolute Gasteiger partial charge is 0.125 e. The first-order valence-electron chi connectivity index (χ1n) is 4.66. The zero-order valence-corrected chi connectivity index (χ0v) is 10.4. The number of hydrogen-bond donors (Lipinski definition) is 2. The van der Waals surface area contributed by atoms with Crippen LogP contribution in [0.5, 0.6) is 5.75 Å². The Labute approximate surface area is 97.8 Å². The van der Waals surface area contributed by atoms with Gasteiger partial charge in [-0.2, -0.15) is 0 Å². The molecule has 0 heterocycles. The number of benzene rings is 1. The van der Waals surface area contributed by atoms with Gasteiger partial charge in [0, 0.05) is 10.9 Å². The molecule has 0 fully saturated rings. The predicted molar refractivity (Wildman–Crippen MR) is 62.5 cm³/mol. The average Bonchev–Trinajstić information content (AvgIpc) is 2.26. The minimum Gasteiger partial charge on any atom is -0.496 e. The molecule has 2 N–H and O–H groups in total. The van der Waals surface area contributed by atoms with Crippen LogP contribution in [0.4, 0.5) is 0 Å². The molecule has 2 atom stereocenters. The number of halogens is 1. The fourth-order valence-corrected chi connectivity index (χ4v) is 1.71. The maximum Gasteiger partial charge on any atom is 0.125 e. The van der Waals surface area contributed by atoms with Crippen molar-refractivity contribution in [2.24, 2.45) is 0 Å². The first-order chi connectivity index (χ1) is 7.10. The minimum atomic E-state index is -0.931. The van der Waals surface area contributed by atoms with Crippen molar-refractivity contribution in [2.75, 3.05) is 12.4 Å². The number of ether oxygens (including phenoxy) is 1. The maximum atomic E-state index is 9.83. The van der Waals surface area contributed by atoms with Crippen molar-refractivity contribution in [3.63, 3.8) is 0 Å². The van der Waals surface area contributed by atoms with Crippen LogP contribution >= 0.6 is 15.9 Å². The highest BCUT2D eigenvalue weighted by atomic mass is 79.9. The van der Waals surface area contributed by atoms with E-state index in [-0.39, 0.29) is 0 Å². The van der Waals surface area contributed by atoms with Crippen molar-refractivity contribution < 1.29 is 14.9 Å². The zero-order chi connectivity index (χ0) is 11.4. The molecule has 0 radical (unpaired) electrons. The van der Waals surface area contributed by atoms with Crippen molar-refractivity contribution in [2.45, 2.75) is 19.1 Å². The zero-order valence-electron chi connectivity index (χ0n) is 8.77. The van der Waals surface area contributed by atoms with E-state index in [2.05, 4.69) is 15.9 Å². The van der Waals surface area contributed by atoms with Crippen LogP contribution in [-0.4, -0.2) is 28.8 Å². The van der Waals surface area contributed by atoms with E-state index in [1.54, 1.807) is 13.2 Å². The molecule has 0 spiro atoms. The molecular weight excluding hydrogens is 260 g/mol. The van der Waals surface area contributed by atoms with Gasteiger partial charge in [0.25, 0.3) is 0 Å². The van der Waals surface area contributed by atoms with Gasteiger partial charge < -0.3 is 14.9 Å². The second kappa shape index (κ2) is 5.49. The molecule has 4 heteroatoms. The molecule has 3 nitrogen and oxygen atoms in total. The van der Waals surface area contributed by atoms with Gasteiger partial charge in [0.15, 0.2) is 0 Å². The second-order valence-corrected chi connectivity index (χ2v) is 4.06. The van der Waals surface area contributed by atoms with E-state index in [0.29, 0.717) is 16.6 Å². The standard InChI is InChI=1S/C11H15BrO3/c1-7-3-4-8(10(5-7)15-2)11(14)9(13)6-12/h3-5,9,11,13-14H,6H2,1-2H3. The van der Waals surface area contributed by atoms with Crippen LogP contribution in [0.15, 0.2) is 18.2 Å². The topological polar surface area (TPSA) is 49.7 Å². The highest BCUT2D eigenvalue weighted by molar-refractivity contribution is 9.09. The van der Waals surface area contributed by atoms with E-state index in [0.717, 1.165) is 5.56 Å². The third-order valence-corrected chi connectivity index (χ3v) is 2.89. The Morgan fingerprint density at radius 2 is 2.07 bits per heavy atom. The molecule has 0 amide bonds. The van der Waals surface area contributed by atoms with Gasteiger partial charge in [-0.3, -0.25) is 0 Å². The lowest BCUT2D eigenvalue weighted by molar-refractivity contribution is 0.0327. The summed E-state index contributed by atoms with van der Waals surface area (Å²) in [6.07, 6.45) is -1.76. The SMILES string of the molecule is COc1cc(C)ccc1C(O)C(O)CBr. The molecule has 0 aliphatic heterocycles. The highest BCUT2D eigenvalue weighted by Gasteiger charge is 2.20. The second-order valence-electron chi connectivity index (χ2n) is 3.41. The van der Waals surface area contributed by atoms with Crippen LogP contribution in [-0.2, 0) is 0 Å². The van der Waals surface area contributed by atoms with Crippen LogP contribution in [0.25, 0.3) is 0 Å². The Balaban J connectivity index is 3.02. The average molecular weight is 275 g/mol. The van der Waals surface area contributed by atoms with Gasteiger partial charge in [0.05, 0.1) is 13.2 Å². The summed E-state index contributed by atoms with van der Waals surface area (Å²) in [5.41, 5.74) is 1.66. The number of aliphatic hydroxyl groups excluding tert-OH is 2. The number of methoxy groups -OCH3 is 1. The summed E-state index contributed by atoms with van der Waals surface area (Å²) in [5, 5.41) is 19.7. The maximum absolute atomic E-state index is 9.83. The van der Waals surface area contributed by atoms with Crippen LogP contribution in [0.3, 0.4) is 0 Å². The quantitative estimate of drug-likeness (QED) is 0.824. The van der Waals surface area contributed by atoms with Crippen LogP contribution < -0.4 is 4.74 Å². The molecule has 1 rings (SSSR count). The summed E-state index contributed by atoms with van der Waals surface area (Å²) < 4.78 is 5.16. The summed E-state index contributed by atoms with van der Waals surface area (Å²) >= 11 is 3.12. The molecule has 1 aromatic rings. The van der Waals surface area contributed by atoms with Gasteiger partial charge in [0.2, 0.25) is 0 Å². The van der Waals surface area contributed by atoms with Crippen molar-refractivity contribution >= 4 is 15.9 Å². The molecule has 0 saturated heterocycles. The summed E-state index contributed by atoms with van der Waals surface area (Å²) in [6.45, 7) is 1.94. The van der Waals surface area contributed by atoms with Crippen LogP contribution in [0.2, 0.25) is 0 Å². The Hall–Kier alpha value is -0.580. The van der Waals surface area contributed by atoms with E-state index in [1.807, 2.05) is 19.1 Å². The van der Waals surface area contributed by atoms with Gasteiger partial charge in [0.1, 0.15) is 11.9 Å². The van der Waals surface area contributed by atoms with Gasteiger partial charge in [-0.25, -0.2) is 0 Å². The molecule has 15 heavy (non-hydrogen) atoms. The summed E-state index contributed by atoms with van der Waals surface area (Å²) in [7, 11) is 1.55. The molecule has 0 aromatic heterocycles. The lowest BCUT2D eigenvalue weighted by atomic mass is 10.0. The molecule has 0 bridgehead atoms. The molecule has 84 valence electrons. The van der Waals surface area contributed by atoms with Crippen molar-refractivity contribution in [3.05, 3.63) is 29.3 Å². The van der Waals surface area contributed by atoms with E-state index in [1.165, 1.54) is 0 Å². The number of rotatable bonds is 4. The van der Waals surface area contributed by atoms with Crippen molar-refractivity contribution in [1.82, 2.24) is 0 Å². The lowest BCUT2D eigenvalue weighted by Crippen LogP contribution is -2.20. The molecule has 0 aliphatic rings. The fourth-order valence-electron chi connectivity index (χ4n) is 1.35.